The molecule has 0 radical (unpaired) electrons. The molecule has 78 valence electrons. The highest BCUT2D eigenvalue weighted by atomic mass is 19.1. The van der Waals surface area contributed by atoms with Gasteiger partial charge in [0.25, 0.3) is 0 Å². The number of nitrogens with zero attached hydrogens (tertiary/aromatic N) is 1. The van der Waals surface area contributed by atoms with Crippen molar-refractivity contribution < 1.29 is 13.9 Å². The summed E-state index contributed by atoms with van der Waals surface area (Å²) >= 11 is 0. The molecule has 2 aromatic rings. The van der Waals surface area contributed by atoms with E-state index in [1.54, 1.807) is 19.2 Å². The summed E-state index contributed by atoms with van der Waals surface area (Å²) in [5.41, 5.74) is 0.736. The van der Waals surface area contributed by atoms with Crippen molar-refractivity contribution in [2.75, 3.05) is 0 Å². The van der Waals surface area contributed by atoms with Crippen molar-refractivity contribution in [1.82, 2.24) is 4.98 Å². The van der Waals surface area contributed by atoms with Crippen LogP contribution in [0.3, 0.4) is 0 Å². The maximum Gasteiger partial charge on any atom is 0.141 e. The van der Waals surface area contributed by atoms with Gasteiger partial charge in [-0.05, 0) is 18.6 Å². The molecular weight excluding hydrogens is 200 g/mol. The summed E-state index contributed by atoms with van der Waals surface area (Å²) in [5, 5.41) is 9.06. The van der Waals surface area contributed by atoms with E-state index in [-0.39, 0.29) is 16.5 Å². The number of aliphatic hydroxyl groups is 1. The molecular formula is C11H9F2NO. The lowest BCUT2D eigenvalue weighted by Gasteiger charge is -2.05. The normalized spacial score (nSPS) is 10.9. The Bertz CT molecular complexity index is 525. The van der Waals surface area contributed by atoms with Gasteiger partial charge >= 0.3 is 0 Å². The number of rotatable bonds is 1. The van der Waals surface area contributed by atoms with E-state index in [0.717, 1.165) is 11.6 Å². The van der Waals surface area contributed by atoms with E-state index < -0.39 is 18.2 Å². The van der Waals surface area contributed by atoms with Crippen LogP contribution >= 0.6 is 0 Å². The first-order valence-corrected chi connectivity index (χ1v) is 4.47. The van der Waals surface area contributed by atoms with Crippen molar-refractivity contribution in [2.24, 2.45) is 0 Å². The number of aliphatic hydroxyl groups excluding tert-OH is 1. The monoisotopic (exact) mass is 209 g/mol. The summed E-state index contributed by atoms with van der Waals surface area (Å²) in [6.45, 7) is 1.12. The Morgan fingerprint density at radius 2 is 2.07 bits per heavy atom. The molecule has 1 aromatic carbocycles. The zero-order chi connectivity index (χ0) is 11.0. The molecule has 0 aliphatic carbocycles. The van der Waals surface area contributed by atoms with Crippen LogP contribution in [0.25, 0.3) is 10.9 Å². The van der Waals surface area contributed by atoms with Crippen molar-refractivity contribution in [2.45, 2.75) is 13.5 Å². The third-order valence-corrected chi connectivity index (χ3v) is 2.27. The van der Waals surface area contributed by atoms with Gasteiger partial charge in [0, 0.05) is 23.2 Å². The largest absolute Gasteiger partial charge is 0.391 e. The fourth-order valence-electron chi connectivity index (χ4n) is 1.49. The summed E-state index contributed by atoms with van der Waals surface area (Å²) in [4.78, 5) is 3.92. The van der Waals surface area contributed by atoms with Crippen LogP contribution in [0.4, 0.5) is 8.78 Å². The van der Waals surface area contributed by atoms with E-state index in [1.165, 1.54) is 0 Å². The first-order valence-electron chi connectivity index (χ1n) is 4.47. The molecule has 0 saturated heterocycles. The lowest BCUT2D eigenvalue weighted by atomic mass is 10.1. The molecule has 0 fully saturated rings. The van der Waals surface area contributed by atoms with Gasteiger partial charge in [-0.1, -0.05) is 0 Å². The average molecular weight is 209 g/mol. The van der Waals surface area contributed by atoms with Crippen LogP contribution < -0.4 is 0 Å². The van der Waals surface area contributed by atoms with Crippen LogP contribution in [0.5, 0.6) is 0 Å². The minimum atomic E-state index is -0.765. The molecule has 0 unspecified atom stereocenters. The number of aryl methyl sites for hydroxylation is 1. The molecule has 0 saturated carbocycles. The Kier molecular flexibility index (Phi) is 2.36. The van der Waals surface area contributed by atoms with Gasteiger partial charge in [-0.3, -0.25) is 4.98 Å². The number of hydrogen-bond acceptors (Lipinski definition) is 2. The molecule has 0 aliphatic rings. The molecule has 2 rings (SSSR count). The van der Waals surface area contributed by atoms with Crippen molar-refractivity contribution in [3.05, 3.63) is 41.1 Å². The van der Waals surface area contributed by atoms with Crippen molar-refractivity contribution in [3.63, 3.8) is 0 Å². The molecule has 1 N–H and O–H groups in total. The smallest absolute Gasteiger partial charge is 0.141 e. The lowest BCUT2D eigenvalue weighted by molar-refractivity contribution is 0.269. The Labute approximate surface area is 85.2 Å². The van der Waals surface area contributed by atoms with Crippen molar-refractivity contribution in [3.8, 4) is 0 Å². The molecule has 4 heteroatoms. The van der Waals surface area contributed by atoms with Crippen LogP contribution in [-0.4, -0.2) is 10.1 Å². The van der Waals surface area contributed by atoms with Gasteiger partial charge < -0.3 is 5.11 Å². The zero-order valence-corrected chi connectivity index (χ0v) is 8.09. The first kappa shape index (κ1) is 9.98. The number of pyridine rings is 1. The van der Waals surface area contributed by atoms with E-state index >= 15 is 0 Å². The lowest BCUT2D eigenvalue weighted by Crippen LogP contribution is -1.98. The van der Waals surface area contributed by atoms with E-state index in [1.807, 2.05) is 0 Å². The van der Waals surface area contributed by atoms with Crippen molar-refractivity contribution in [1.29, 1.82) is 0 Å². The summed E-state index contributed by atoms with van der Waals surface area (Å²) < 4.78 is 26.9. The fourth-order valence-corrected chi connectivity index (χ4v) is 1.49. The summed E-state index contributed by atoms with van der Waals surface area (Å²) in [6.07, 6.45) is 1.54. The fraction of sp³-hybridized carbons (Fsp3) is 0.182. The van der Waals surface area contributed by atoms with Gasteiger partial charge in [0.2, 0.25) is 0 Å². The van der Waals surface area contributed by atoms with Crippen LogP contribution in [0, 0.1) is 18.6 Å². The Balaban J connectivity index is 2.86. The molecule has 0 aliphatic heterocycles. The molecule has 0 spiro atoms. The van der Waals surface area contributed by atoms with Gasteiger partial charge in [0.1, 0.15) is 11.6 Å². The quantitative estimate of drug-likeness (QED) is 0.781. The molecule has 2 nitrogen and oxygen atoms in total. The molecule has 0 bridgehead atoms. The number of halogens is 2. The van der Waals surface area contributed by atoms with Gasteiger partial charge in [0.05, 0.1) is 12.1 Å². The predicted octanol–water partition coefficient (Wildman–Crippen LogP) is 2.31. The van der Waals surface area contributed by atoms with Gasteiger partial charge in [0.15, 0.2) is 0 Å². The zero-order valence-electron chi connectivity index (χ0n) is 8.09. The third kappa shape index (κ3) is 1.57. The minimum absolute atomic E-state index is 0.237. The second-order valence-corrected chi connectivity index (χ2v) is 3.39. The average Bonchev–Trinajstić information content (AvgIpc) is 2.20. The summed E-state index contributed by atoms with van der Waals surface area (Å²) in [7, 11) is 0. The molecule has 15 heavy (non-hydrogen) atoms. The first-order chi connectivity index (χ1) is 7.13. The van der Waals surface area contributed by atoms with E-state index in [4.69, 9.17) is 5.11 Å². The molecule has 0 amide bonds. The van der Waals surface area contributed by atoms with E-state index in [2.05, 4.69) is 4.98 Å². The van der Waals surface area contributed by atoms with Crippen LogP contribution in [0.2, 0.25) is 0 Å². The molecule has 1 heterocycles. The second-order valence-electron chi connectivity index (χ2n) is 3.39. The Morgan fingerprint density at radius 1 is 1.33 bits per heavy atom. The number of hydrogen-bond donors (Lipinski definition) is 1. The molecule has 0 atom stereocenters. The number of benzene rings is 1. The second kappa shape index (κ2) is 3.55. The summed E-state index contributed by atoms with van der Waals surface area (Å²) in [6, 6.07) is 2.71. The SMILES string of the molecule is Cc1cnc2cc(F)c(CO)c(F)c2c1. The van der Waals surface area contributed by atoms with E-state index in [0.29, 0.717) is 0 Å². The molecule has 1 aromatic heterocycles. The van der Waals surface area contributed by atoms with E-state index in [9.17, 15) is 8.78 Å². The summed E-state index contributed by atoms with van der Waals surface area (Å²) in [5.74, 6) is -1.50. The standard InChI is InChI=1S/C11H9F2NO/c1-6-2-7-10(14-4-6)3-9(12)8(5-15)11(7)13/h2-4,15H,5H2,1H3. The Hall–Kier alpha value is -1.55. The highest BCUT2D eigenvalue weighted by Crippen LogP contribution is 2.23. The maximum absolute atomic E-state index is 13.7. The van der Waals surface area contributed by atoms with Gasteiger partial charge in [-0.25, -0.2) is 8.78 Å². The van der Waals surface area contributed by atoms with Crippen LogP contribution in [0.1, 0.15) is 11.1 Å². The number of aromatic nitrogens is 1. The minimum Gasteiger partial charge on any atom is -0.391 e. The van der Waals surface area contributed by atoms with Crippen molar-refractivity contribution >= 4 is 10.9 Å². The third-order valence-electron chi connectivity index (χ3n) is 2.27. The van der Waals surface area contributed by atoms with Gasteiger partial charge in [-0.2, -0.15) is 0 Å². The van der Waals surface area contributed by atoms with Crippen LogP contribution in [-0.2, 0) is 6.61 Å². The number of fused-ring (bicyclic) bond motifs is 1. The van der Waals surface area contributed by atoms with Gasteiger partial charge in [-0.15, -0.1) is 0 Å². The predicted molar refractivity (Wildman–Crippen MR) is 52.3 cm³/mol. The topological polar surface area (TPSA) is 33.1 Å². The van der Waals surface area contributed by atoms with Crippen LogP contribution in [0.15, 0.2) is 18.3 Å². The highest BCUT2D eigenvalue weighted by molar-refractivity contribution is 5.80. The highest BCUT2D eigenvalue weighted by Gasteiger charge is 2.13. The maximum atomic E-state index is 13.7. The Morgan fingerprint density at radius 3 is 2.73 bits per heavy atom.